The second-order valence-electron chi connectivity index (χ2n) is 5.01. The van der Waals surface area contributed by atoms with Gasteiger partial charge in [-0.15, -0.1) is 0 Å². The summed E-state index contributed by atoms with van der Waals surface area (Å²) < 4.78 is 0. The molecule has 1 aromatic heterocycles. The molecule has 6 heteroatoms. The minimum atomic E-state index is -0.0391. The van der Waals surface area contributed by atoms with Crippen molar-refractivity contribution in [1.82, 2.24) is 15.2 Å². The lowest BCUT2D eigenvalue weighted by Gasteiger charge is -2.20. The number of nitrogens with zero attached hydrogens (tertiary/aromatic N) is 2. The van der Waals surface area contributed by atoms with Crippen LogP contribution in [0.5, 0.6) is 0 Å². The van der Waals surface area contributed by atoms with Crippen LogP contribution in [0.2, 0.25) is 0 Å². The van der Waals surface area contributed by atoms with Gasteiger partial charge in [-0.05, 0) is 25.5 Å². The lowest BCUT2D eigenvalue weighted by molar-refractivity contribution is -0.120. The lowest BCUT2D eigenvalue weighted by Crippen LogP contribution is -2.34. The van der Waals surface area contributed by atoms with E-state index in [1.807, 2.05) is 19.9 Å². The van der Waals surface area contributed by atoms with Gasteiger partial charge < -0.3 is 15.5 Å². The first-order chi connectivity index (χ1) is 10.1. The molecule has 1 aromatic rings. The molecule has 0 saturated carbocycles. The van der Waals surface area contributed by atoms with Gasteiger partial charge in [0.25, 0.3) is 5.91 Å². The third-order valence-electron chi connectivity index (χ3n) is 3.45. The van der Waals surface area contributed by atoms with Crippen LogP contribution < -0.4 is 10.6 Å². The Bertz CT molecular complexity index is 530. The lowest BCUT2D eigenvalue weighted by atomic mass is 10.1. The van der Waals surface area contributed by atoms with Gasteiger partial charge in [-0.3, -0.25) is 9.59 Å². The van der Waals surface area contributed by atoms with Crippen LogP contribution in [0.1, 0.15) is 36.3 Å². The fourth-order valence-electron chi connectivity index (χ4n) is 2.32. The Balaban J connectivity index is 2.20. The number of pyridine rings is 1. The summed E-state index contributed by atoms with van der Waals surface area (Å²) >= 11 is 0. The summed E-state index contributed by atoms with van der Waals surface area (Å²) in [5.74, 6) is 0.689. The summed E-state index contributed by atoms with van der Waals surface area (Å²) in [5.41, 5.74) is 1.52. The van der Waals surface area contributed by atoms with E-state index in [4.69, 9.17) is 0 Å². The van der Waals surface area contributed by atoms with E-state index < -0.39 is 0 Å². The van der Waals surface area contributed by atoms with Crippen molar-refractivity contribution in [1.29, 1.82) is 0 Å². The summed E-state index contributed by atoms with van der Waals surface area (Å²) in [5, 5.41) is 5.93. The first kappa shape index (κ1) is 15.3. The minimum Gasteiger partial charge on any atom is -0.370 e. The Kier molecular flexibility index (Phi) is 5.14. The zero-order valence-corrected chi connectivity index (χ0v) is 12.6. The highest BCUT2D eigenvalue weighted by Crippen LogP contribution is 2.14. The number of carbonyl (C=O) groups excluding carboxylic acids is 2. The van der Waals surface area contributed by atoms with Crippen molar-refractivity contribution in [3.8, 4) is 0 Å². The minimum absolute atomic E-state index is 0.00242. The van der Waals surface area contributed by atoms with Gasteiger partial charge >= 0.3 is 0 Å². The van der Waals surface area contributed by atoms with E-state index in [9.17, 15) is 9.59 Å². The second kappa shape index (κ2) is 7.06. The molecule has 0 atom stereocenters. The van der Waals surface area contributed by atoms with Gasteiger partial charge in [0.15, 0.2) is 0 Å². The van der Waals surface area contributed by atoms with Crippen molar-refractivity contribution in [2.75, 3.05) is 31.5 Å². The summed E-state index contributed by atoms with van der Waals surface area (Å²) in [6.07, 6.45) is 1.14. The van der Waals surface area contributed by atoms with Gasteiger partial charge in [-0.25, -0.2) is 4.98 Å². The van der Waals surface area contributed by atoms with Crippen molar-refractivity contribution >= 4 is 17.6 Å². The maximum absolute atomic E-state index is 12.6. The molecule has 0 spiro atoms. The van der Waals surface area contributed by atoms with Crippen molar-refractivity contribution < 1.29 is 9.59 Å². The summed E-state index contributed by atoms with van der Waals surface area (Å²) in [4.78, 5) is 30.1. The van der Waals surface area contributed by atoms with E-state index in [1.165, 1.54) is 0 Å². The van der Waals surface area contributed by atoms with E-state index in [0.717, 1.165) is 24.5 Å². The van der Waals surface area contributed by atoms with Gasteiger partial charge in [-0.2, -0.15) is 0 Å². The van der Waals surface area contributed by atoms with E-state index >= 15 is 0 Å². The Morgan fingerprint density at radius 1 is 1.38 bits per heavy atom. The third kappa shape index (κ3) is 3.93. The smallest absolute Gasteiger partial charge is 0.254 e. The van der Waals surface area contributed by atoms with Crippen LogP contribution in [-0.2, 0) is 11.2 Å². The molecule has 6 nitrogen and oxygen atoms in total. The fourth-order valence-corrected chi connectivity index (χ4v) is 2.32. The molecule has 0 aromatic carbocycles. The predicted molar refractivity (Wildman–Crippen MR) is 81.3 cm³/mol. The normalized spacial score (nSPS) is 15.3. The molecule has 114 valence electrons. The molecule has 2 N–H and O–H groups in total. The third-order valence-corrected chi connectivity index (χ3v) is 3.45. The molecule has 1 fully saturated rings. The van der Waals surface area contributed by atoms with Gasteiger partial charge in [0.2, 0.25) is 5.91 Å². The zero-order chi connectivity index (χ0) is 15.2. The Hall–Kier alpha value is -2.11. The standard InChI is InChI=1S/C15H22N4O2/c1-3-12-9-11(10-13(18-12)16-4-2)15(21)19-7-5-14(20)17-6-8-19/h9-10H,3-8H2,1-2H3,(H,16,18)(H,17,20). The number of aromatic nitrogens is 1. The molecule has 2 amide bonds. The number of hydrogen-bond donors (Lipinski definition) is 2. The zero-order valence-electron chi connectivity index (χ0n) is 12.6. The Morgan fingerprint density at radius 2 is 2.19 bits per heavy atom. The maximum atomic E-state index is 12.6. The van der Waals surface area contributed by atoms with Crippen LogP contribution in [0, 0.1) is 0 Å². The van der Waals surface area contributed by atoms with Crippen LogP contribution in [0.15, 0.2) is 12.1 Å². The topological polar surface area (TPSA) is 74.3 Å². The first-order valence-electron chi connectivity index (χ1n) is 7.44. The van der Waals surface area contributed by atoms with Crippen LogP contribution in [0.4, 0.5) is 5.82 Å². The summed E-state index contributed by atoms with van der Waals surface area (Å²) in [6.45, 7) is 6.29. The van der Waals surface area contributed by atoms with Gasteiger partial charge in [-0.1, -0.05) is 6.92 Å². The van der Waals surface area contributed by atoms with Crippen molar-refractivity contribution in [3.05, 3.63) is 23.4 Å². The average Bonchev–Trinajstić information content (AvgIpc) is 2.71. The molecular weight excluding hydrogens is 268 g/mol. The van der Waals surface area contributed by atoms with Gasteiger partial charge in [0.1, 0.15) is 5.82 Å². The number of hydrogen-bond acceptors (Lipinski definition) is 4. The Labute approximate surface area is 124 Å². The molecule has 0 unspecified atom stereocenters. The molecule has 0 radical (unpaired) electrons. The number of amides is 2. The highest BCUT2D eigenvalue weighted by molar-refractivity contribution is 5.95. The number of carbonyl (C=O) groups is 2. The molecule has 2 rings (SSSR count). The summed E-state index contributed by atoms with van der Waals surface area (Å²) in [7, 11) is 0. The van der Waals surface area contributed by atoms with E-state index in [2.05, 4.69) is 15.6 Å². The second-order valence-corrected chi connectivity index (χ2v) is 5.01. The van der Waals surface area contributed by atoms with E-state index in [-0.39, 0.29) is 11.8 Å². The SMILES string of the molecule is CCNc1cc(C(=O)N2CCNC(=O)CC2)cc(CC)n1. The van der Waals surface area contributed by atoms with Crippen LogP contribution in [-0.4, -0.2) is 47.9 Å². The van der Waals surface area contributed by atoms with E-state index in [1.54, 1.807) is 11.0 Å². The van der Waals surface area contributed by atoms with Crippen LogP contribution in [0.25, 0.3) is 0 Å². The van der Waals surface area contributed by atoms with Gasteiger partial charge in [0.05, 0.1) is 0 Å². The molecule has 0 bridgehead atoms. The molecule has 21 heavy (non-hydrogen) atoms. The first-order valence-corrected chi connectivity index (χ1v) is 7.44. The van der Waals surface area contributed by atoms with Crippen molar-refractivity contribution in [2.24, 2.45) is 0 Å². The largest absolute Gasteiger partial charge is 0.370 e. The predicted octanol–water partition coefficient (Wildman–Crippen LogP) is 1.04. The molecule has 1 aliphatic heterocycles. The van der Waals surface area contributed by atoms with Crippen LogP contribution in [0.3, 0.4) is 0 Å². The number of aryl methyl sites for hydroxylation is 1. The van der Waals surface area contributed by atoms with E-state index in [0.29, 0.717) is 31.6 Å². The van der Waals surface area contributed by atoms with Crippen molar-refractivity contribution in [3.63, 3.8) is 0 Å². The quantitative estimate of drug-likeness (QED) is 0.869. The van der Waals surface area contributed by atoms with Crippen molar-refractivity contribution in [2.45, 2.75) is 26.7 Å². The molecule has 1 saturated heterocycles. The molecule has 1 aliphatic rings. The average molecular weight is 290 g/mol. The molecule has 2 heterocycles. The number of nitrogens with one attached hydrogen (secondary N) is 2. The van der Waals surface area contributed by atoms with Gasteiger partial charge in [0, 0.05) is 43.9 Å². The number of anilines is 1. The molecule has 0 aliphatic carbocycles. The monoisotopic (exact) mass is 290 g/mol. The summed E-state index contributed by atoms with van der Waals surface area (Å²) in [6, 6.07) is 3.62. The highest BCUT2D eigenvalue weighted by atomic mass is 16.2. The highest BCUT2D eigenvalue weighted by Gasteiger charge is 2.20. The molecular formula is C15H22N4O2. The Morgan fingerprint density at radius 3 is 2.90 bits per heavy atom. The van der Waals surface area contributed by atoms with Crippen LogP contribution >= 0.6 is 0 Å². The maximum Gasteiger partial charge on any atom is 0.254 e. The number of rotatable bonds is 4. The fraction of sp³-hybridized carbons (Fsp3) is 0.533.